The zero-order chi connectivity index (χ0) is 17.4. The van der Waals surface area contributed by atoms with E-state index in [0.29, 0.717) is 13.1 Å². The fourth-order valence-corrected chi connectivity index (χ4v) is 3.77. The maximum absolute atomic E-state index is 12.3. The minimum absolute atomic E-state index is 0.00169. The number of amides is 2. The number of carbonyl (C=O) groups excluding carboxylic acids is 2. The first-order valence-corrected chi connectivity index (χ1v) is 9.81. The van der Waals surface area contributed by atoms with Crippen LogP contribution in [0.1, 0.15) is 33.1 Å². The van der Waals surface area contributed by atoms with Gasteiger partial charge in [-0.15, -0.1) is 11.8 Å². The van der Waals surface area contributed by atoms with Gasteiger partial charge < -0.3 is 10.2 Å². The molecular weight excluding hydrogens is 320 g/mol. The van der Waals surface area contributed by atoms with Crippen LogP contribution in [-0.4, -0.2) is 42.1 Å². The number of hydrogen-bond donors (Lipinski definition) is 1. The van der Waals surface area contributed by atoms with E-state index in [1.807, 2.05) is 48.7 Å². The summed E-state index contributed by atoms with van der Waals surface area (Å²) in [4.78, 5) is 27.5. The predicted molar refractivity (Wildman–Crippen MR) is 98.9 cm³/mol. The van der Waals surface area contributed by atoms with Crippen molar-refractivity contribution in [2.45, 2.75) is 38.0 Å². The molecule has 2 amide bonds. The van der Waals surface area contributed by atoms with E-state index in [0.717, 1.165) is 31.6 Å². The molecule has 1 N–H and O–H groups in total. The molecule has 1 fully saturated rings. The Labute approximate surface area is 149 Å². The zero-order valence-corrected chi connectivity index (χ0v) is 15.5. The van der Waals surface area contributed by atoms with Crippen LogP contribution >= 0.6 is 11.8 Å². The number of rotatable bonds is 7. The van der Waals surface area contributed by atoms with Crippen LogP contribution in [0.15, 0.2) is 35.2 Å². The number of piperidine rings is 1. The molecule has 0 aliphatic carbocycles. The molecular formula is C19H28N2O2S. The van der Waals surface area contributed by atoms with Crippen molar-refractivity contribution in [1.29, 1.82) is 0 Å². The Kier molecular flexibility index (Phi) is 7.63. The highest BCUT2D eigenvalue weighted by molar-refractivity contribution is 7.99. The second-order valence-corrected chi connectivity index (χ2v) is 7.75. The second-order valence-electron chi connectivity index (χ2n) is 6.58. The van der Waals surface area contributed by atoms with E-state index < -0.39 is 0 Å². The van der Waals surface area contributed by atoms with Gasteiger partial charge in [-0.2, -0.15) is 0 Å². The molecule has 4 nitrogen and oxygen atoms in total. The van der Waals surface area contributed by atoms with Crippen LogP contribution in [0.5, 0.6) is 0 Å². The number of likely N-dealkylation sites (tertiary alicyclic amines) is 1. The summed E-state index contributed by atoms with van der Waals surface area (Å²) < 4.78 is 0. The van der Waals surface area contributed by atoms with Crippen LogP contribution in [-0.2, 0) is 9.59 Å². The van der Waals surface area contributed by atoms with E-state index in [1.165, 1.54) is 4.90 Å². The summed E-state index contributed by atoms with van der Waals surface area (Å²) in [5, 5.41) is 3.04. The molecule has 0 spiro atoms. The molecule has 1 atom stereocenters. The van der Waals surface area contributed by atoms with E-state index in [-0.39, 0.29) is 23.7 Å². The molecule has 1 aromatic carbocycles. The quantitative estimate of drug-likeness (QED) is 0.608. The fraction of sp³-hybridized carbons (Fsp3) is 0.579. The van der Waals surface area contributed by atoms with Crippen molar-refractivity contribution in [3.05, 3.63) is 30.3 Å². The first kappa shape index (κ1) is 18.8. The van der Waals surface area contributed by atoms with Crippen LogP contribution in [0.4, 0.5) is 0 Å². The van der Waals surface area contributed by atoms with Crippen molar-refractivity contribution in [1.82, 2.24) is 10.2 Å². The molecule has 1 aliphatic rings. The molecule has 1 aromatic rings. The Bertz CT molecular complexity index is 533. The summed E-state index contributed by atoms with van der Waals surface area (Å²) in [7, 11) is 0. The lowest BCUT2D eigenvalue weighted by molar-refractivity contribution is -0.138. The summed E-state index contributed by atoms with van der Waals surface area (Å²) in [5.41, 5.74) is 0. The van der Waals surface area contributed by atoms with Gasteiger partial charge in [0.25, 0.3) is 0 Å². The van der Waals surface area contributed by atoms with Crippen LogP contribution in [0.25, 0.3) is 0 Å². The first-order valence-electron chi connectivity index (χ1n) is 8.82. The Morgan fingerprint density at radius 1 is 1.29 bits per heavy atom. The van der Waals surface area contributed by atoms with Gasteiger partial charge in [0.15, 0.2) is 0 Å². The van der Waals surface area contributed by atoms with Gasteiger partial charge in [-0.05, 0) is 37.1 Å². The van der Waals surface area contributed by atoms with E-state index in [1.54, 1.807) is 0 Å². The molecule has 0 saturated carbocycles. The molecule has 1 aliphatic heterocycles. The van der Waals surface area contributed by atoms with Gasteiger partial charge in [-0.1, -0.05) is 32.0 Å². The monoisotopic (exact) mass is 348 g/mol. The second kappa shape index (κ2) is 9.72. The van der Waals surface area contributed by atoms with Crippen molar-refractivity contribution in [2.75, 3.05) is 25.4 Å². The molecule has 0 radical (unpaired) electrons. The summed E-state index contributed by atoms with van der Waals surface area (Å²) >= 11 is 1.81. The minimum atomic E-state index is -0.0526. The van der Waals surface area contributed by atoms with E-state index >= 15 is 0 Å². The van der Waals surface area contributed by atoms with Crippen LogP contribution in [0, 0.1) is 11.8 Å². The van der Waals surface area contributed by atoms with E-state index in [2.05, 4.69) is 17.4 Å². The third-order valence-electron chi connectivity index (χ3n) is 4.23. The van der Waals surface area contributed by atoms with E-state index in [9.17, 15) is 9.59 Å². The third kappa shape index (κ3) is 5.86. The summed E-state index contributed by atoms with van der Waals surface area (Å²) in [6.07, 6.45) is 2.75. The Morgan fingerprint density at radius 3 is 2.75 bits per heavy atom. The topological polar surface area (TPSA) is 49.4 Å². The largest absolute Gasteiger partial charge is 0.356 e. The number of benzene rings is 1. The molecule has 1 saturated heterocycles. The highest BCUT2D eigenvalue weighted by atomic mass is 32.2. The Balaban J connectivity index is 1.65. The molecule has 24 heavy (non-hydrogen) atoms. The number of nitrogens with one attached hydrogen (secondary N) is 1. The number of hydrogen-bond acceptors (Lipinski definition) is 3. The lowest BCUT2D eigenvalue weighted by Gasteiger charge is -2.33. The number of thioether (sulfide) groups is 1. The fourth-order valence-electron chi connectivity index (χ4n) is 2.89. The predicted octanol–water partition coefficient (Wildman–Crippen LogP) is 3.18. The average molecular weight is 349 g/mol. The summed E-state index contributed by atoms with van der Waals surface area (Å²) in [6.45, 7) is 5.89. The zero-order valence-electron chi connectivity index (χ0n) is 14.7. The van der Waals surface area contributed by atoms with Gasteiger partial charge in [-0.3, -0.25) is 9.59 Å². The van der Waals surface area contributed by atoms with Gasteiger partial charge in [0.05, 0.1) is 5.92 Å². The maximum atomic E-state index is 12.3. The van der Waals surface area contributed by atoms with Gasteiger partial charge in [-0.25, -0.2) is 0 Å². The SMILES string of the molecule is CC(C)C(=O)N1CCCC(C(=O)NCCCSc2ccccc2)C1. The van der Waals surface area contributed by atoms with Crippen LogP contribution in [0.2, 0.25) is 0 Å². The number of nitrogens with zero attached hydrogens (tertiary/aromatic N) is 1. The Morgan fingerprint density at radius 2 is 2.04 bits per heavy atom. The Hall–Kier alpha value is -1.49. The molecule has 2 rings (SSSR count). The van der Waals surface area contributed by atoms with Crippen LogP contribution < -0.4 is 5.32 Å². The average Bonchev–Trinajstić information content (AvgIpc) is 2.61. The summed E-state index contributed by atoms with van der Waals surface area (Å²) in [6, 6.07) is 10.3. The van der Waals surface area contributed by atoms with Crippen molar-refractivity contribution < 1.29 is 9.59 Å². The van der Waals surface area contributed by atoms with E-state index in [4.69, 9.17) is 0 Å². The molecule has 0 bridgehead atoms. The van der Waals surface area contributed by atoms with Gasteiger partial charge in [0.2, 0.25) is 11.8 Å². The van der Waals surface area contributed by atoms with Crippen LogP contribution in [0.3, 0.4) is 0 Å². The smallest absolute Gasteiger partial charge is 0.225 e. The van der Waals surface area contributed by atoms with Crippen molar-refractivity contribution >= 4 is 23.6 Å². The highest BCUT2D eigenvalue weighted by Crippen LogP contribution is 2.19. The molecule has 5 heteroatoms. The maximum Gasteiger partial charge on any atom is 0.225 e. The minimum Gasteiger partial charge on any atom is -0.356 e. The van der Waals surface area contributed by atoms with Crippen molar-refractivity contribution in [3.8, 4) is 0 Å². The van der Waals surface area contributed by atoms with Gasteiger partial charge in [0, 0.05) is 30.4 Å². The lowest BCUT2D eigenvalue weighted by Crippen LogP contribution is -2.46. The van der Waals surface area contributed by atoms with Gasteiger partial charge in [0.1, 0.15) is 0 Å². The lowest BCUT2D eigenvalue weighted by atomic mass is 9.96. The highest BCUT2D eigenvalue weighted by Gasteiger charge is 2.28. The summed E-state index contributed by atoms with van der Waals surface area (Å²) in [5.74, 6) is 1.20. The van der Waals surface area contributed by atoms with Gasteiger partial charge >= 0.3 is 0 Å². The number of carbonyl (C=O) groups is 2. The molecule has 1 unspecified atom stereocenters. The van der Waals surface area contributed by atoms with Crippen molar-refractivity contribution in [2.24, 2.45) is 11.8 Å². The van der Waals surface area contributed by atoms with Crippen molar-refractivity contribution in [3.63, 3.8) is 0 Å². The first-order chi connectivity index (χ1) is 11.6. The normalized spacial score (nSPS) is 17.8. The standard InChI is InChI=1S/C19H28N2O2S/c1-15(2)19(23)21-12-6-8-16(14-21)18(22)20-11-7-13-24-17-9-4-3-5-10-17/h3-5,9-10,15-16H,6-8,11-14H2,1-2H3,(H,20,22). The molecule has 1 heterocycles. The molecule has 0 aromatic heterocycles. The third-order valence-corrected chi connectivity index (χ3v) is 5.33. The molecule has 132 valence electrons.